The topological polar surface area (TPSA) is 60.1 Å². The van der Waals surface area contributed by atoms with Crippen LogP contribution in [0.4, 0.5) is 4.39 Å². The van der Waals surface area contributed by atoms with E-state index >= 15 is 0 Å². The summed E-state index contributed by atoms with van der Waals surface area (Å²) >= 11 is 0. The van der Waals surface area contributed by atoms with Gasteiger partial charge in [-0.15, -0.1) is 0 Å². The molecule has 2 aromatic heterocycles. The Balaban J connectivity index is 1.47. The number of rotatable bonds is 5. The van der Waals surface area contributed by atoms with Gasteiger partial charge in [0.25, 0.3) is 5.91 Å². The molecular weight excluding hydrogens is 345 g/mol. The number of hydrogen-bond donors (Lipinski definition) is 1. The largest absolute Gasteiger partial charge is 0.451 e. The van der Waals surface area contributed by atoms with Gasteiger partial charge in [0.2, 0.25) is 0 Å². The quantitative estimate of drug-likeness (QED) is 0.579. The van der Waals surface area contributed by atoms with E-state index in [0.717, 1.165) is 11.3 Å². The first-order valence-corrected chi connectivity index (χ1v) is 8.42. The molecule has 0 aliphatic rings. The molecule has 1 N–H and O–H groups in total. The molecule has 0 fully saturated rings. The van der Waals surface area contributed by atoms with E-state index in [2.05, 4.69) is 10.4 Å². The van der Waals surface area contributed by atoms with E-state index in [0.29, 0.717) is 17.9 Å². The molecule has 0 saturated carbocycles. The third-order valence-electron chi connectivity index (χ3n) is 4.14. The molecule has 4 aromatic rings. The lowest BCUT2D eigenvalue weighted by molar-refractivity contribution is 0.0924. The summed E-state index contributed by atoms with van der Waals surface area (Å²) < 4.78 is 20.4. The van der Waals surface area contributed by atoms with E-state index < -0.39 is 0 Å². The molecule has 27 heavy (non-hydrogen) atoms. The van der Waals surface area contributed by atoms with Gasteiger partial charge >= 0.3 is 0 Å². The average Bonchev–Trinajstić information content (AvgIpc) is 3.39. The zero-order valence-electron chi connectivity index (χ0n) is 14.3. The van der Waals surface area contributed by atoms with Crippen LogP contribution in [0.3, 0.4) is 0 Å². The first-order chi connectivity index (χ1) is 13.2. The molecule has 0 saturated heterocycles. The average molecular weight is 361 g/mol. The fourth-order valence-corrected chi connectivity index (χ4v) is 2.79. The fraction of sp³-hybridized carbons (Fsp3) is 0.0476. The molecule has 134 valence electrons. The van der Waals surface area contributed by atoms with Crippen molar-refractivity contribution in [3.05, 3.63) is 96.3 Å². The number of benzene rings is 2. The molecule has 2 heterocycles. The summed E-state index contributed by atoms with van der Waals surface area (Å²) in [6, 6.07) is 18.8. The lowest BCUT2D eigenvalue weighted by Crippen LogP contribution is -2.23. The van der Waals surface area contributed by atoms with Crippen LogP contribution in [0.5, 0.6) is 0 Å². The molecule has 4 rings (SSSR count). The molecular formula is C21H16FN3O2. The number of para-hydroxylation sites is 1. The Kier molecular flexibility index (Phi) is 4.53. The lowest BCUT2D eigenvalue weighted by atomic mass is 10.1. The Labute approximate surface area is 155 Å². The number of amides is 1. The van der Waals surface area contributed by atoms with Crippen LogP contribution in [0.1, 0.15) is 16.1 Å². The first kappa shape index (κ1) is 16.8. The van der Waals surface area contributed by atoms with Crippen molar-refractivity contribution in [3.8, 4) is 17.0 Å². The van der Waals surface area contributed by atoms with E-state index in [1.165, 1.54) is 12.1 Å². The Hall–Kier alpha value is -3.67. The van der Waals surface area contributed by atoms with Gasteiger partial charge in [-0.1, -0.05) is 18.2 Å². The predicted molar refractivity (Wildman–Crippen MR) is 98.8 cm³/mol. The SMILES string of the molecule is O=C(NCc1ccccc1-n1cccn1)c1ccc(-c2ccc(F)cc2)o1. The third-order valence-corrected chi connectivity index (χ3v) is 4.14. The van der Waals surface area contributed by atoms with Crippen LogP contribution in [0.25, 0.3) is 17.0 Å². The summed E-state index contributed by atoms with van der Waals surface area (Å²) in [6.07, 6.45) is 3.55. The van der Waals surface area contributed by atoms with Crippen LogP contribution in [0, 0.1) is 5.82 Å². The van der Waals surface area contributed by atoms with Gasteiger partial charge in [-0.25, -0.2) is 9.07 Å². The number of carbonyl (C=O) groups excluding carboxylic acids is 1. The zero-order chi connectivity index (χ0) is 18.6. The molecule has 0 unspecified atom stereocenters. The summed E-state index contributed by atoms with van der Waals surface area (Å²) in [5.41, 5.74) is 2.54. The van der Waals surface area contributed by atoms with E-state index in [1.807, 2.05) is 36.5 Å². The molecule has 2 aromatic carbocycles. The Morgan fingerprint density at radius 3 is 2.63 bits per heavy atom. The highest BCUT2D eigenvalue weighted by Gasteiger charge is 2.13. The van der Waals surface area contributed by atoms with Gasteiger partial charge < -0.3 is 9.73 Å². The third kappa shape index (κ3) is 3.64. The molecule has 0 bridgehead atoms. The Bertz CT molecular complexity index is 1050. The number of aromatic nitrogens is 2. The summed E-state index contributed by atoms with van der Waals surface area (Å²) in [5.74, 6) is 0.0701. The minimum Gasteiger partial charge on any atom is -0.451 e. The predicted octanol–water partition coefficient (Wildman–Crippen LogP) is 4.20. The van der Waals surface area contributed by atoms with E-state index in [4.69, 9.17) is 4.42 Å². The van der Waals surface area contributed by atoms with Crippen molar-refractivity contribution in [2.45, 2.75) is 6.54 Å². The maximum absolute atomic E-state index is 13.0. The van der Waals surface area contributed by atoms with Gasteiger partial charge in [0.1, 0.15) is 11.6 Å². The molecule has 0 aliphatic carbocycles. The van der Waals surface area contributed by atoms with Gasteiger partial charge in [-0.3, -0.25) is 4.79 Å². The molecule has 1 amide bonds. The second-order valence-corrected chi connectivity index (χ2v) is 5.93. The zero-order valence-corrected chi connectivity index (χ0v) is 14.3. The number of hydrogen-bond acceptors (Lipinski definition) is 3. The molecule has 5 nitrogen and oxygen atoms in total. The monoisotopic (exact) mass is 361 g/mol. The van der Waals surface area contributed by atoms with Crippen LogP contribution in [0.2, 0.25) is 0 Å². The minimum absolute atomic E-state index is 0.200. The van der Waals surface area contributed by atoms with E-state index in [1.54, 1.807) is 35.1 Å². The number of carbonyl (C=O) groups is 1. The normalized spacial score (nSPS) is 10.7. The summed E-state index contributed by atoms with van der Waals surface area (Å²) in [5, 5.41) is 7.09. The van der Waals surface area contributed by atoms with Gasteiger partial charge in [-0.05, 0) is 54.1 Å². The number of halogens is 1. The van der Waals surface area contributed by atoms with Crippen LogP contribution >= 0.6 is 0 Å². The van der Waals surface area contributed by atoms with Crippen LogP contribution in [0.15, 0.2) is 83.5 Å². The highest BCUT2D eigenvalue weighted by molar-refractivity contribution is 5.92. The highest BCUT2D eigenvalue weighted by Crippen LogP contribution is 2.22. The minimum atomic E-state index is -0.321. The second kappa shape index (κ2) is 7.29. The first-order valence-electron chi connectivity index (χ1n) is 8.42. The van der Waals surface area contributed by atoms with E-state index in [9.17, 15) is 9.18 Å². The molecule has 0 aliphatic heterocycles. The standard InChI is InChI=1S/C21H16FN3O2/c22-17-8-6-15(7-9-17)19-10-11-20(27-19)21(26)23-14-16-4-1-2-5-18(16)25-13-3-12-24-25/h1-13H,14H2,(H,23,26). The van der Waals surface area contributed by atoms with Crippen molar-refractivity contribution in [3.63, 3.8) is 0 Å². The van der Waals surface area contributed by atoms with Crippen molar-refractivity contribution in [1.29, 1.82) is 0 Å². The van der Waals surface area contributed by atoms with Gasteiger partial charge in [-0.2, -0.15) is 5.10 Å². The highest BCUT2D eigenvalue weighted by atomic mass is 19.1. The summed E-state index contributed by atoms with van der Waals surface area (Å²) in [4.78, 5) is 12.4. The number of furan rings is 1. The van der Waals surface area contributed by atoms with Crippen LogP contribution < -0.4 is 5.32 Å². The fourth-order valence-electron chi connectivity index (χ4n) is 2.79. The molecule has 0 radical (unpaired) electrons. The van der Waals surface area contributed by atoms with Crippen molar-refractivity contribution in [2.24, 2.45) is 0 Å². The van der Waals surface area contributed by atoms with Gasteiger partial charge in [0, 0.05) is 24.5 Å². The summed E-state index contributed by atoms with van der Waals surface area (Å²) in [6.45, 7) is 0.335. The van der Waals surface area contributed by atoms with Gasteiger partial charge in [0.15, 0.2) is 5.76 Å². The van der Waals surface area contributed by atoms with Crippen LogP contribution in [-0.2, 0) is 6.54 Å². The van der Waals surface area contributed by atoms with Crippen LogP contribution in [-0.4, -0.2) is 15.7 Å². The van der Waals surface area contributed by atoms with Crippen molar-refractivity contribution in [1.82, 2.24) is 15.1 Å². The van der Waals surface area contributed by atoms with E-state index in [-0.39, 0.29) is 17.5 Å². The molecule has 0 spiro atoms. The Morgan fingerprint density at radius 2 is 1.85 bits per heavy atom. The smallest absolute Gasteiger partial charge is 0.287 e. The second-order valence-electron chi connectivity index (χ2n) is 5.93. The van der Waals surface area contributed by atoms with Crippen molar-refractivity contribution in [2.75, 3.05) is 0 Å². The Morgan fingerprint density at radius 1 is 1.04 bits per heavy atom. The molecule has 0 atom stereocenters. The number of nitrogens with one attached hydrogen (secondary N) is 1. The maximum atomic E-state index is 13.0. The number of nitrogens with zero attached hydrogens (tertiary/aromatic N) is 2. The maximum Gasteiger partial charge on any atom is 0.287 e. The van der Waals surface area contributed by atoms with Crippen molar-refractivity contribution >= 4 is 5.91 Å². The van der Waals surface area contributed by atoms with Gasteiger partial charge in [0.05, 0.1) is 5.69 Å². The lowest BCUT2D eigenvalue weighted by Gasteiger charge is -2.10. The summed E-state index contributed by atoms with van der Waals surface area (Å²) in [7, 11) is 0. The molecule has 6 heteroatoms. The van der Waals surface area contributed by atoms with Crippen molar-refractivity contribution < 1.29 is 13.6 Å².